The molecule has 1 aliphatic rings. The third-order valence-electron chi connectivity index (χ3n) is 6.21. The first kappa shape index (κ1) is 22.0. The summed E-state index contributed by atoms with van der Waals surface area (Å²) in [4.78, 5) is 13.9. The monoisotopic (exact) mass is 451 g/mol. The largest absolute Gasteiger partial charge is 0.392 e. The Hall–Kier alpha value is -3.77. The summed E-state index contributed by atoms with van der Waals surface area (Å²) in [6, 6.07) is 22.7. The lowest BCUT2D eigenvalue weighted by Gasteiger charge is -2.27. The Kier molecular flexibility index (Phi) is 6.49. The lowest BCUT2D eigenvalue weighted by molar-refractivity contribution is 0.281. The van der Waals surface area contributed by atoms with Crippen LogP contribution in [-0.4, -0.2) is 26.1 Å². The minimum absolute atomic E-state index is 0.0568. The number of rotatable bonds is 7. The maximum absolute atomic E-state index is 9.38. The molecule has 5 rings (SSSR count). The van der Waals surface area contributed by atoms with E-state index in [1.807, 2.05) is 54.9 Å². The van der Waals surface area contributed by atoms with Gasteiger partial charge in [0.05, 0.1) is 24.0 Å². The van der Waals surface area contributed by atoms with Crippen LogP contribution in [0.1, 0.15) is 41.8 Å². The van der Waals surface area contributed by atoms with E-state index in [9.17, 15) is 5.11 Å². The SMILES string of the molecule is CC(Cc1cccc(CO)c1)Nc1nccc(C2CCc3cnc(-c4ccccc4)cc3N2)n1. The van der Waals surface area contributed by atoms with Crippen LogP contribution in [0.2, 0.25) is 0 Å². The van der Waals surface area contributed by atoms with Gasteiger partial charge >= 0.3 is 0 Å². The first-order valence-corrected chi connectivity index (χ1v) is 11.8. The average molecular weight is 452 g/mol. The van der Waals surface area contributed by atoms with Gasteiger partial charge in [-0.15, -0.1) is 0 Å². The van der Waals surface area contributed by atoms with Crippen molar-refractivity contribution in [2.45, 2.75) is 44.9 Å². The molecule has 0 radical (unpaired) electrons. The fourth-order valence-electron chi connectivity index (χ4n) is 4.48. The van der Waals surface area contributed by atoms with Gasteiger partial charge in [-0.1, -0.05) is 54.6 Å². The minimum atomic E-state index is 0.0568. The molecule has 0 spiro atoms. The van der Waals surface area contributed by atoms with Gasteiger partial charge in [0, 0.05) is 29.7 Å². The predicted octanol–water partition coefficient (Wildman–Crippen LogP) is 5.17. The van der Waals surface area contributed by atoms with E-state index in [1.54, 1.807) is 0 Å². The molecule has 3 heterocycles. The number of anilines is 2. The number of hydrogen-bond donors (Lipinski definition) is 3. The van der Waals surface area contributed by atoms with Crippen molar-refractivity contribution in [3.63, 3.8) is 0 Å². The van der Waals surface area contributed by atoms with Gasteiger partial charge < -0.3 is 15.7 Å². The summed E-state index contributed by atoms with van der Waals surface area (Å²) < 4.78 is 0. The number of hydrogen-bond acceptors (Lipinski definition) is 6. The number of nitrogens with one attached hydrogen (secondary N) is 2. The van der Waals surface area contributed by atoms with Crippen molar-refractivity contribution in [3.8, 4) is 11.3 Å². The van der Waals surface area contributed by atoms with Crippen molar-refractivity contribution in [1.29, 1.82) is 0 Å². The molecule has 4 aromatic rings. The molecule has 0 saturated carbocycles. The molecule has 2 atom stereocenters. The maximum Gasteiger partial charge on any atom is 0.223 e. The first-order chi connectivity index (χ1) is 16.7. The maximum atomic E-state index is 9.38. The smallest absolute Gasteiger partial charge is 0.223 e. The van der Waals surface area contributed by atoms with Gasteiger partial charge in [-0.25, -0.2) is 9.97 Å². The van der Waals surface area contributed by atoms with Gasteiger partial charge in [-0.3, -0.25) is 4.98 Å². The highest BCUT2D eigenvalue weighted by molar-refractivity contribution is 5.67. The molecular formula is C28H29N5O. The van der Waals surface area contributed by atoms with E-state index in [1.165, 1.54) is 11.1 Å². The van der Waals surface area contributed by atoms with Crippen LogP contribution in [0, 0.1) is 0 Å². The second kappa shape index (κ2) is 10.0. The van der Waals surface area contributed by atoms with Crippen molar-refractivity contribution >= 4 is 11.6 Å². The van der Waals surface area contributed by atoms with E-state index in [4.69, 9.17) is 4.98 Å². The molecule has 0 bridgehead atoms. The minimum Gasteiger partial charge on any atom is -0.392 e. The number of aliphatic hydroxyl groups is 1. The van der Waals surface area contributed by atoms with Crippen LogP contribution in [0.25, 0.3) is 11.3 Å². The molecule has 6 heteroatoms. The van der Waals surface area contributed by atoms with E-state index in [0.717, 1.165) is 47.5 Å². The number of nitrogens with zero attached hydrogens (tertiary/aromatic N) is 3. The zero-order valence-electron chi connectivity index (χ0n) is 19.3. The van der Waals surface area contributed by atoms with E-state index >= 15 is 0 Å². The second-order valence-corrected chi connectivity index (χ2v) is 8.86. The van der Waals surface area contributed by atoms with Crippen molar-refractivity contribution in [3.05, 3.63) is 102 Å². The Morgan fingerprint density at radius 3 is 2.74 bits per heavy atom. The van der Waals surface area contributed by atoms with E-state index in [0.29, 0.717) is 5.95 Å². The quantitative estimate of drug-likeness (QED) is 0.359. The molecule has 2 aromatic heterocycles. The third-order valence-corrected chi connectivity index (χ3v) is 6.21. The fourth-order valence-corrected chi connectivity index (χ4v) is 4.48. The van der Waals surface area contributed by atoms with Crippen molar-refractivity contribution in [1.82, 2.24) is 15.0 Å². The fraction of sp³-hybridized carbons (Fsp3) is 0.250. The molecule has 1 aliphatic heterocycles. The van der Waals surface area contributed by atoms with E-state index in [-0.39, 0.29) is 18.7 Å². The van der Waals surface area contributed by atoms with Crippen LogP contribution in [0.5, 0.6) is 0 Å². The topological polar surface area (TPSA) is 83.0 Å². The lowest BCUT2D eigenvalue weighted by atomic mass is 9.96. The highest BCUT2D eigenvalue weighted by Gasteiger charge is 2.22. The highest BCUT2D eigenvalue weighted by atomic mass is 16.3. The van der Waals surface area contributed by atoms with Gasteiger partial charge in [0.25, 0.3) is 0 Å². The number of benzene rings is 2. The first-order valence-electron chi connectivity index (χ1n) is 11.8. The molecular weight excluding hydrogens is 422 g/mol. The Morgan fingerprint density at radius 1 is 1.03 bits per heavy atom. The highest BCUT2D eigenvalue weighted by Crippen LogP contribution is 2.33. The molecule has 34 heavy (non-hydrogen) atoms. The van der Waals surface area contributed by atoms with E-state index < -0.39 is 0 Å². The number of fused-ring (bicyclic) bond motifs is 1. The molecule has 0 amide bonds. The zero-order valence-corrected chi connectivity index (χ0v) is 19.3. The Labute approximate surface area is 200 Å². The van der Waals surface area contributed by atoms with Gasteiger partial charge in [-0.05, 0) is 55.0 Å². The second-order valence-electron chi connectivity index (χ2n) is 8.86. The van der Waals surface area contributed by atoms with Crippen LogP contribution in [-0.2, 0) is 19.4 Å². The average Bonchev–Trinajstić information content (AvgIpc) is 2.88. The summed E-state index contributed by atoms with van der Waals surface area (Å²) in [6.45, 7) is 2.18. The van der Waals surface area contributed by atoms with Crippen molar-refractivity contribution in [2.24, 2.45) is 0 Å². The molecule has 0 saturated heterocycles. The van der Waals surface area contributed by atoms with Gasteiger partial charge in [0.15, 0.2) is 0 Å². The van der Waals surface area contributed by atoms with Crippen LogP contribution >= 0.6 is 0 Å². The molecule has 2 unspecified atom stereocenters. The summed E-state index contributed by atoms with van der Waals surface area (Å²) >= 11 is 0. The molecule has 3 N–H and O–H groups in total. The summed E-state index contributed by atoms with van der Waals surface area (Å²) in [5, 5.41) is 16.5. The van der Waals surface area contributed by atoms with Crippen LogP contribution in [0.3, 0.4) is 0 Å². The summed E-state index contributed by atoms with van der Waals surface area (Å²) in [5.41, 5.74) is 7.53. The molecule has 0 aliphatic carbocycles. The number of pyridine rings is 1. The van der Waals surface area contributed by atoms with Gasteiger partial charge in [0.1, 0.15) is 0 Å². The van der Waals surface area contributed by atoms with Crippen LogP contribution in [0.15, 0.2) is 79.1 Å². The Morgan fingerprint density at radius 2 is 1.88 bits per heavy atom. The number of aromatic nitrogens is 3. The normalized spacial score (nSPS) is 15.8. The van der Waals surface area contributed by atoms with Crippen LogP contribution < -0.4 is 10.6 Å². The third kappa shape index (κ3) is 5.07. The Balaban J connectivity index is 1.28. The molecule has 0 fully saturated rings. The predicted molar refractivity (Wildman–Crippen MR) is 136 cm³/mol. The number of aryl methyl sites for hydroxylation is 1. The lowest BCUT2D eigenvalue weighted by Crippen LogP contribution is -2.22. The van der Waals surface area contributed by atoms with E-state index in [2.05, 4.69) is 51.8 Å². The molecule has 172 valence electrons. The Bertz CT molecular complexity index is 1260. The summed E-state index contributed by atoms with van der Waals surface area (Å²) in [7, 11) is 0. The van der Waals surface area contributed by atoms with Crippen LogP contribution in [0.4, 0.5) is 11.6 Å². The standard InChI is InChI=1S/C28H29N5O/c1-19(14-20-6-5-7-21(15-20)18-34)31-28-29-13-12-25(33-28)24-11-10-23-17-30-26(16-27(23)32-24)22-8-3-2-4-9-22/h2-9,12-13,15-17,19,24,32,34H,10-11,14,18H2,1H3,(H,29,31,33). The summed E-state index contributed by atoms with van der Waals surface area (Å²) in [5.74, 6) is 0.635. The number of aliphatic hydroxyl groups excluding tert-OH is 1. The summed E-state index contributed by atoms with van der Waals surface area (Å²) in [6.07, 6.45) is 6.55. The molecule has 6 nitrogen and oxygen atoms in total. The van der Waals surface area contributed by atoms with Gasteiger partial charge in [0.2, 0.25) is 5.95 Å². The zero-order chi connectivity index (χ0) is 23.3. The van der Waals surface area contributed by atoms with Gasteiger partial charge in [-0.2, -0.15) is 0 Å². The molecule has 2 aromatic carbocycles. The van der Waals surface area contributed by atoms with Crippen molar-refractivity contribution < 1.29 is 5.11 Å². The van der Waals surface area contributed by atoms with Crippen molar-refractivity contribution in [2.75, 3.05) is 10.6 Å².